The van der Waals surface area contributed by atoms with E-state index in [0.29, 0.717) is 5.56 Å². The van der Waals surface area contributed by atoms with Crippen molar-refractivity contribution in [1.29, 1.82) is 0 Å². The Labute approximate surface area is 125 Å². The van der Waals surface area contributed by atoms with E-state index in [1.54, 1.807) is 6.07 Å². The molecule has 1 aromatic rings. The molecular weight excluding hydrogens is 361 g/mol. The highest BCUT2D eigenvalue weighted by Gasteiger charge is 2.35. The molecule has 1 unspecified atom stereocenters. The van der Waals surface area contributed by atoms with Crippen LogP contribution in [0, 0.1) is 10.5 Å². The van der Waals surface area contributed by atoms with Crippen molar-refractivity contribution in [3.63, 3.8) is 0 Å². The van der Waals surface area contributed by atoms with Gasteiger partial charge in [0.2, 0.25) is 0 Å². The van der Waals surface area contributed by atoms with E-state index in [4.69, 9.17) is 4.74 Å². The first kappa shape index (κ1) is 15.9. The van der Waals surface area contributed by atoms with Crippen molar-refractivity contribution in [2.75, 3.05) is 13.7 Å². The highest BCUT2D eigenvalue weighted by Crippen LogP contribution is 2.16. The largest absolute Gasteiger partial charge is 0.479 e. The molecule has 1 aromatic carbocycles. The summed E-state index contributed by atoms with van der Waals surface area (Å²) in [5.74, 6) is -1.56. The summed E-state index contributed by atoms with van der Waals surface area (Å²) < 4.78 is 5.63. The molecule has 1 amide bonds. The van der Waals surface area contributed by atoms with Crippen LogP contribution in [0.1, 0.15) is 22.8 Å². The average Bonchev–Trinajstić information content (AvgIpc) is 2.32. The summed E-state index contributed by atoms with van der Waals surface area (Å²) in [6, 6.07) is 5.44. The molecule has 1 atom stereocenters. The number of carbonyl (C=O) groups is 2. The number of carboxylic acid groups (broad SMARTS) is 1. The first-order valence-electron chi connectivity index (χ1n) is 5.61. The van der Waals surface area contributed by atoms with Crippen LogP contribution in [0.3, 0.4) is 0 Å². The lowest BCUT2D eigenvalue weighted by Gasteiger charge is -2.25. The fourth-order valence-corrected chi connectivity index (χ4v) is 2.15. The molecule has 0 bridgehead atoms. The molecule has 6 heteroatoms. The van der Waals surface area contributed by atoms with E-state index in [-0.39, 0.29) is 6.61 Å². The summed E-state index contributed by atoms with van der Waals surface area (Å²) >= 11 is 2.04. The van der Waals surface area contributed by atoms with Crippen molar-refractivity contribution in [2.45, 2.75) is 19.4 Å². The van der Waals surface area contributed by atoms with E-state index >= 15 is 0 Å². The van der Waals surface area contributed by atoms with Gasteiger partial charge in [-0.15, -0.1) is 0 Å². The van der Waals surface area contributed by atoms with Crippen LogP contribution < -0.4 is 5.32 Å². The monoisotopic (exact) mass is 377 g/mol. The van der Waals surface area contributed by atoms with Gasteiger partial charge in [0.15, 0.2) is 5.54 Å². The van der Waals surface area contributed by atoms with E-state index in [0.717, 1.165) is 9.13 Å². The Hall–Kier alpha value is -1.15. The van der Waals surface area contributed by atoms with Crippen LogP contribution in [0.25, 0.3) is 0 Å². The molecule has 0 saturated carbocycles. The minimum Gasteiger partial charge on any atom is -0.479 e. The SMILES string of the molecule is COCC(C)(NC(=O)c1cc(C)ccc1I)C(=O)O. The number of aliphatic carboxylic acids is 1. The highest BCUT2D eigenvalue weighted by atomic mass is 127. The summed E-state index contributed by atoms with van der Waals surface area (Å²) in [5.41, 5.74) is -0.0444. The van der Waals surface area contributed by atoms with Gasteiger partial charge in [-0.05, 0) is 48.6 Å². The summed E-state index contributed by atoms with van der Waals surface area (Å²) in [7, 11) is 1.39. The molecule has 0 fully saturated rings. The van der Waals surface area contributed by atoms with Crippen molar-refractivity contribution in [1.82, 2.24) is 5.32 Å². The van der Waals surface area contributed by atoms with Crippen molar-refractivity contribution < 1.29 is 19.4 Å². The summed E-state index contributed by atoms with van der Waals surface area (Å²) in [6.07, 6.45) is 0. The zero-order valence-electron chi connectivity index (χ0n) is 11.0. The molecule has 104 valence electrons. The van der Waals surface area contributed by atoms with Crippen molar-refractivity contribution in [3.05, 3.63) is 32.9 Å². The van der Waals surface area contributed by atoms with Crippen LogP contribution in [0.5, 0.6) is 0 Å². The van der Waals surface area contributed by atoms with E-state index in [1.807, 2.05) is 41.6 Å². The third kappa shape index (κ3) is 3.90. The van der Waals surface area contributed by atoms with Gasteiger partial charge >= 0.3 is 5.97 Å². The number of hydrogen-bond donors (Lipinski definition) is 2. The number of nitrogens with one attached hydrogen (secondary N) is 1. The Morgan fingerprint density at radius 3 is 2.63 bits per heavy atom. The lowest BCUT2D eigenvalue weighted by Crippen LogP contribution is -2.55. The van der Waals surface area contributed by atoms with Gasteiger partial charge in [-0.3, -0.25) is 4.79 Å². The first-order valence-corrected chi connectivity index (χ1v) is 6.69. The van der Waals surface area contributed by atoms with E-state index in [1.165, 1.54) is 14.0 Å². The van der Waals surface area contributed by atoms with E-state index in [2.05, 4.69) is 5.32 Å². The molecule has 19 heavy (non-hydrogen) atoms. The maximum absolute atomic E-state index is 12.2. The standard InChI is InChI=1S/C13H16INO4/c1-8-4-5-10(14)9(6-8)11(16)15-13(2,7-19-3)12(17)18/h4-6H,7H2,1-3H3,(H,15,16)(H,17,18). The Morgan fingerprint density at radius 1 is 1.47 bits per heavy atom. The second-order valence-corrected chi connectivity index (χ2v) is 5.67. The Morgan fingerprint density at radius 2 is 2.11 bits per heavy atom. The maximum Gasteiger partial charge on any atom is 0.331 e. The number of ether oxygens (including phenoxy) is 1. The molecule has 5 nitrogen and oxygen atoms in total. The fraction of sp³-hybridized carbons (Fsp3) is 0.385. The highest BCUT2D eigenvalue weighted by molar-refractivity contribution is 14.1. The topological polar surface area (TPSA) is 75.6 Å². The van der Waals surface area contributed by atoms with E-state index < -0.39 is 17.4 Å². The molecule has 1 rings (SSSR count). The molecule has 0 aliphatic rings. The number of carbonyl (C=O) groups excluding carboxylic acids is 1. The van der Waals surface area contributed by atoms with Gasteiger partial charge < -0.3 is 15.2 Å². The number of benzene rings is 1. The fourth-order valence-electron chi connectivity index (χ4n) is 1.57. The van der Waals surface area contributed by atoms with Crippen molar-refractivity contribution in [3.8, 4) is 0 Å². The Kier molecular flexibility index (Phi) is 5.30. The minimum atomic E-state index is -1.45. The van der Waals surface area contributed by atoms with Crippen LogP contribution in [0.2, 0.25) is 0 Å². The molecule has 0 heterocycles. The number of amides is 1. The number of halogens is 1. The molecule has 0 aliphatic heterocycles. The molecule has 0 radical (unpaired) electrons. The van der Waals surface area contributed by atoms with Gasteiger partial charge in [0.05, 0.1) is 12.2 Å². The zero-order chi connectivity index (χ0) is 14.6. The van der Waals surface area contributed by atoms with Crippen molar-refractivity contribution in [2.24, 2.45) is 0 Å². The third-order valence-electron chi connectivity index (χ3n) is 2.66. The second kappa shape index (κ2) is 6.33. The van der Waals surface area contributed by atoms with Crippen LogP contribution >= 0.6 is 22.6 Å². The summed E-state index contributed by atoms with van der Waals surface area (Å²) in [5, 5.41) is 11.7. The van der Waals surface area contributed by atoms with Crippen LogP contribution in [0.15, 0.2) is 18.2 Å². The Bertz CT molecular complexity index is 503. The lowest BCUT2D eigenvalue weighted by atomic mass is 10.0. The summed E-state index contributed by atoms with van der Waals surface area (Å²) in [4.78, 5) is 23.4. The van der Waals surface area contributed by atoms with Crippen LogP contribution in [-0.2, 0) is 9.53 Å². The van der Waals surface area contributed by atoms with Gasteiger partial charge in [0.25, 0.3) is 5.91 Å². The molecule has 2 N–H and O–H groups in total. The third-order valence-corrected chi connectivity index (χ3v) is 3.60. The predicted molar refractivity (Wildman–Crippen MR) is 79.3 cm³/mol. The molecular formula is C13H16INO4. The van der Waals surface area contributed by atoms with Gasteiger partial charge in [-0.2, -0.15) is 0 Å². The number of aryl methyl sites for hydroxylation is 1. The summed E-state index contributed by atoms with van der Waals surface area (Å²) in [6.45, 7) is 3.19. The number of hydrogen-bond acceptors (Lipinski definition) is 3. The maximum atomic E-state index is 12.2. The first-order chi connectivity index (χ1) is 8.80. The van der Waals surface area contributed by atoms with Gasteiger partial charge in [-0.25, -0.2) is 4.79 Å². The predicted octanol–water partition coefficient (Wildman–Crippen LogP) is 1.82. The zero-order valence-corrected chi connectivity index (χ0v) is 13.1. The minimum absolute atomic E-state index is 0.101. The quantitative estimate of drug-likeness (QED) is 0.768. The number of carboxylic acids is 1. The van der Waals surface area contributed by atoms with Crippen LogP contribution in [-0.4, -0.2) is 36.2 Å². The number of methoxy groups -OCH3 is 1. The van der Waals surface area contributed by atoms with Gasteiger partial charge in [0.1, 0.15) is 0 Å². The molecule has 0 saturated heterocycles. The average molecular weight is 377 g/mol. The molecule has 0 aliphatic carbocycles. The Balaban J connectivity index is 3.00. The van der Waals surface area contributed by atoms with Crippen LogP contribution in [0.4, 0.5) is 0 Å². The molecule has 0 spiro atoms. The lowest BCUT2D eigenvalue weighted by molar-refractivity contribution is -0.145. The van der Waals surface area contributed by atoms with Crippen molar-refractivity contribution >= 4 is 34.5 Å². The van der Waals surface area contributed by atoms with Gasteiger partial charge in [-0.1, -0.05) is 11.6 Å². The normalized spacial score (nSPS) is 13.7. The second-order valence-electron chi connectivity index (χ2n) is 4.51. The van der Waals surface area contributed by atoms with Gasteiger partial charge in [0, 0.05) is 10.7 Å². The molecule has 0 aromatic heterocycles. The number of rotatable bonds is 5. The smallest absolute Gasteiger partial charge is 0.331 e. The van der Waals surface area contributed by atoms with E-state index in [9.17, 15) is 14.7 Å².